The van der Waals surface area contributed by atoms with Crippen LogP contribution < -0.4 is 14.4 Å². The first-order valence-corrected chi connectivity index (χ1v) is 12.6. The third-order valence-electron chi connectivity index (χ3n) is 4.83. The molecule has 0 bridgehead atoms. The van der Waals surface area contributed by atoms with Crippen LogP contribution >= 0.6 is 35.5 Å². The Hall–Kier alpha value is -2.00. The first-order valence-electron chi connectivity index (χ1n) is 10.8. The van der Waals surface area contributed by atoms with E-state index in [0.29, 0.717) is 19.6 Å². The third kappa shape index (κ3) is 8.07. The smallest absolute Gasteiger partial charge is 0.228 e. The topological polar surface area (TPSA) is 54.9 Å². The number of hydrogen-bond acceptors (Lipinski definition) is 7. The Morgan fingerprint density at radius 2 is 1.82 bits per heavy atom. The summed E-state index contributed by atoms with van der Waals surface area (Å²) in [5.41, 5.74) is 0.895. The molecule has 0 radical (unpaired) electrons. The van der Waals surface area contributed by atoms with E-state index in [1.165, 1.54) is 4.90 Å². The molecule has 33 heavy (non-hydrogen) atoms. The summed E-state index contributed by atoms with van der Waals surface area (Å²) in [4.78, 5) is 23.0. The van der Waals surface area contributed by atoms with Gasteiger partial charge in [-0.2, -0.15) is 0 Å². The van der Waals surface area contributed by atoms with Crippen molar-refractivity contribution in [2.45, 2.75) is 24.7 Å². The number of thioether (sulfide) groups is 1. The van der Waals surface area contributed by atoms with Gasteiger partial charge in [0, 0.05) is 24.4 Å². The molecule has 3 rings (SSSR count). The highest BCUT2D eigenvalue weighted by Gasteiger charge is 2.20. The molecule has 0 unspecified atom stereocenters. The fourth-order valence-corrected chi connectivity index (χ4v) is 5.00. The normalized spacial score (nSPS) is 10.8. The second-order valence-corrected chi connectivity index (χ2v) is 9.71. The number of rotatable bonds is 12. The van der Waals surface area contributed by atoms with Crippen molar-refractivity contribution in [2.75, 3.05) is 51.6 Å². The van der Waals surface area contributed by atoms with E-state index < -0.39 is 0 Å². The van der Waals surface area contributed by atoms with E-state index in [0.717, 1.165) is 45.6 Å². The van der Waals surface area contributed by atoms with Crippen molar-refractivity contribution in [1.29, 1.82) is 0 Å². The van der Waals surface area contributed by atoms with E-state index in [2.05, 4.69) is 4.90 Å². The minimum atomic E-state index is 0. The summed E-state index contributed by atoms with van der Waals surface area (Å²) in [6.07, 6.45) is 1.31. The highest BCUT2D eigenvalue weighted by molar-refractivity contribution is 7.99. The molecule has 0 spiro atoms. The van der Waals surface area contributed by atoms with Crippen LogP contribution in [0.2, 0.25) is 0 Å². The quantitative estimate of drug-likeness (QED) is 0.234. The van der Waals surface area contributed by atoms with Gasteiger partial charge in [-0.05, 0) is 75.7 Å². The molecule has 0 N–H and O–H groups in total. The van der Waals surface area contributed by atoms with E-state index in [1.807, 2.05) is 68.4 Å². The maximum atomic E-state index is 13.1. The van der Waals surface area contributed by atoms with Crippen molar-refractivity contribution in [3.63, 3.8) is 0 Å². The van der Waals surface area contributed by atoms with Crippen LogP contribution in [0.4, 0.5) is 5.13 Å². The van der Waals surface area contributed by atoms with Gasteiger partial charge in [-0.15, -0.1) is 24.2 Å². The summed E-state index contributed by atoms with van der Waals surface area (Å²) in [5.74, 6) is 2.69. The van der Waals surface area contributed by atoms with Crippen molar-refractivity contribution in [3.05, 3.63) is 42.5 Å². The van der Waals surface area contributed by atoms with Crippen molar-refractivity contribution in [1.82, 2.24) is 9.88 Å². The van der Waals surface area contributed by atoms with Gasteiger partial charge in [0.2, 0.25) is 5.91 Å². The Bertz CT molecular complexity index is 1010. The van der Waals surface area contributed by atoms with Crippen LogP contribution in [0, 0.1) is 0 Å². The predicted octanol–water partition coefficient (Wildman–Crippen LogP) is 5.59. The zero-order chi connectivity index (χ0) is 22.9. The van der Waals surface area contributed by atoms with Gasteiger partial charge < -0.3 is 14.4 Å². The van der Waals surface area contributed by atoms with Gasteiger partial charge in [-0.3, -0.25) is 9.69 Å². The number of benzene rings is 2. The summed E-state index contributed by atoms with van der Waals surface area (Å²) in [7, 11) is 5.70. The van der Waals surface area contributed by atoms with Gasteiger partial charge in [-0.1, -0.05) is 11.3 Å². The fraction of sp³-hybridized carbons (Fsp3) is 0.417. The predicted molar refractivity (Wildman–Crippen MR) is 142 cm³/mol. The minimum Gasteiger partial charge on any atom is -0.497 e. The molecule has 0 saturated heterocycles. The lowest BCUT2D eigenvalue weighted by molar-refractivity contribution is -0.118. The number of amides is 1. The van der Waals surface area contributed by atoms with Crippen LogP contribution in [0.5, 0.6) is 11.5 Å². The van der Waals surface area contributed by atoms with Crippen LogP contribution in [0.25, 0.3) is 10.2 Å². The Balaban J connectivity index is 0.00000385. The average Bonchev–Trinajstić information content (AvgIpc) is 3.20. The van der Waals surface area contributed by atoms with Gasteiger partial charge in [0.25, 0.3) is 0 Å². The fourth-order valence-electron chi connectivity index (χ4n) is 3.11. The standard InChI is InChI=1S/C24H31N3O3S2.ClH/c1-5-30-19-10-13-21-22(17-19)32-24(25-21)27(15-14-26(2)3)23(28)7-6-16-31-20-11-8-18(29-4)9-12-20;/h8-13,17H,5-7,14-16H2,1-4H3;1H. The van der Waals surface area contributed by atoms with Crippen LogP contribution in [0.3, 0.4) is 0 Å². The molecular formula is C24H32ClN3O3S2. The van der Waals surface area contributed by atoms with Crippen LogP contribution in [0.15, 0.2) is 47.4 Å². The molecule has 0 saturated carbocycles. The summed E-state index contributed by atoms with van der Waals surface area (Å²) >= 11 is 3.30. The SMILES string of the molecule is CCOc1ccc2nc(N(CCN(C)C)C(=O)CCCSc3ccc(OC)cc3)sc2c1.Cl. The Morgan fingerprint density at radius 1 is 1.09 bits per heavy atom. The molecular weight excluding hydrogens is 478 g/mol. The van der Waals surface area contributed by atoms with Gasteiger partial charge in [-0.25, -0.2) is 4.98 Å². The van der Waals surface area contributed by atoms with Crippen LogP contribution in [-0.2, 0) is 4.79 Å². The van der Waals surface area contributed by atoms with Crippen molar-refractivity contribution >= 4 is 56.8 Å². The maximum Gasteiger partial charge on any atom is 0.228 e. The van der Waals surface area contributed by atoms with Crippen LogP contribution in [-0.4, -0.2) is 62.4 Å². The molecule has 1 aromatic heterocycles. The monoisotopic (exact) mass is 509 g/mol. The van der Waals surface area contributed by atoms with Crippen LogP contribution in [0.1, 0.15) is 19.8 Å². The molecule has 6 nitrogen and oxygen atoms in total. The number of carbonyl (C=O) groups excluding carboxylic acids is 1. The van der Waals surface area contributed by atoms with Crippen molar-refractivity contribution in [3.8, 4) is 11.5 Å². The molecule has 0 aliphatic heterocycles. The largest absolute Gasteiger partial charge is 0.497 e. The highest BCUT2D eigenvalue weighted by Crippen LogP contribution is 2.32. The van der Waals surface area contributed by atoms with E-state index in [4.69, 9.17) is 14.5 Å². The van der Waals surface area contributed by atoms with Gasteiger partial charge in [0.1, 0.15) is 11.5 Å². The lowest BCUT2D eigenvalue weighted by Gasteiger charge is -2.22. The van der Waals surface area contributed by atoms with Crippen molar-refractivity contribution < 1.29 is 14.3 Å². The molecule has 3 aromatic rings. The molecule has 0 atom stereocenters. The number of aromatic nitrogens is 1. The molecule has 1 heterocycles. The maximum absolute atomic E-state index is 13.1. The van der Waals surface area contributed by atoms with Gasteiger partial charge in [0.05, 0.1) is 23.9 Å². The minimum absolute atomic E-state index is 0. The molecule has 0 aliphatic carbocycles. The van der Waals surface area contributed by atoms with E-state index >= 15 is 0 Å². The zero-order valence-corrected chi connectivity index (χ0v) is 22.0. The molecule has 0 aliphatic rings. The van der Waals surface area contributed by atoms with Gasteiger partial charge in [0.15, 0.2) is 5.13 Å². The van der Waals surface area contributed by atoms with E-state index in [9.17, 15) is 4.79 Å². The lowest BCUT2D eigenvalue weighted by atomic mass is 10.3. The second kappa shape index (κ2) is 13.6. The Labute approximate surface area is 210 Å². The summed E-state index contributed by atoms with van der Waals surface area (Å²) < 4.78 is 11.8. The lowest BCUT2D eigenvalue weighted by Crippen LogP contribution is -2.36. The summed E-state index contributed by atoms with van der Waals surface area (Å²) in [6.45, 7) is 4.00. The molecule has 2 aromatic carbocycles. The number of carbonyl (C=O) groups is 1. The zero-order valence-electron chi connectivity index (χ0n) is 19.6. The first-order chi connectivity index (χ1) is 15.5. The number of likely N-dealkylation sites (N-methyl/N-ethyl adjacent to an activating group) is 1. The second-order valence-electron chi connectivity index (χ2n) is 7.54. The third-order valence-corrected chi connectivity index (χ3v) is 6.96. The van der Waals surface area contributed by atoms with Crippen molar-refractivity contribution in [2.24, 2.45) is 0 Å². The Kier molecular flexibility index (Phi) is 11.3. The molecule has 180 valence electrons. The van der Waals surface area contributed by atoms with E-state index in [1.54, 1.807) is 30.2 Å². The highest BCUT2D eigenvalue weighted by atomic mass is 35.5. The molecule has 1 amide bonds. The van der Waals surface area contributed by atoms with Gasteiger partial charge >= 0.3 is 0 Å². The molecule has 0 fully saturated rings. The number of fused-ring (bicyclic) bond motifs is 1. The average molecular weight is 510 g/mol. The number of nitrogens with zero attached hydrogens (tertiary/aromatic N) is 3. The molecule has 9 heteroatoms. The summed E-state index contributed by atoms with van der Waals surface area (Å²) in [5, 5.41) is 0.753. The number of halogens is 1. The number of methoxy groups -OCH3 is 1. The number of thiazole rings is 1. The number of ether oxygens (including phenoxy) is 2. The Morgan fingerprint density at radius 3 is 2.48 bits per heavy atom. The first kappa shape index (κ1) is 27.2. The number of hydrogen-bond donors (Lipinski definition) is 0. The van der Waals surface area contributed by atoms with E-state index in [-0.39, 0.29) is 18.3 Å². The summed E-state index contributed by atoms with van der Waals surface area (Å²) in [6, 6.07) is 13.9. The number of anilines is 1.